The van der Waals surface area contributed by atoms with Crippen LogP contribution in [-0.2, 0) is 30.8 Å². The molecule has 1 aromatic heterocycles. The summed E-state index contributed by atoms with van der Waals surface area (Å²) in [6.07, 6.45) is 3.19. The minimum absolute atomic E-state index is 0.0101. The van der Waals surface area contributed by atoms with Crippen molar-refractivity contribution in [3.8, 4) is 11.5 Å². The SMILES string of the molecule is COc1ccc(CCN(C(=O)CN2C(=O)c3ccccc3S2(=O)=O)[C@@H](C(=O)NC[C@@H]2CCCO2)c2ccco2)cc1OC. The highest BCUT2D eigenvalue weighted by Gasteiger charge is 2.44. The molecule has 2 atom stereocenters. The van der Waals surface area contributed by atoms with Gasteiger partial charge >= 0.3 is 0 Å². The van der Waals surface area contributed by atoms with Gasteiger partial charge in [0.25, 0.3) is 21.8 Å². The van der Waals surface area contributed by atoms with E-state index >= 15 is 0 Å². The van der Waals surface area contributed by atoms with Gasteiger partial charge in [0, 0.05) is 19.7 Å². The number of rotatable bonds is 12. The molecule has 1 saturated heterocycles. The zero-order chi connectivity index (χ0) is 30.6. The van der Waals surface area contributed by atoms with Gasteiger partial charge in [-0.2, -0.15) is 0 Å². The molecule has 13 heteroatoms. The lowest BCUT2D eigenvalue weighted by molar-refractivity contribution is -0.141. The van der Waals surface area contributed by atoms with Crippen LogP contribution in [0.5, 0.6) is 11.5 Å². The summed E-state index contributed by atoms with van der Waals surface area (Å²) in [6, 6.07) is 13.0. The number of nitrogens with one attached hydrogen (secondary N) is 1. The van der Waals surface area contributed by atoms with Gasteiger partial charge in [-0.15, -0.1) is 0 Å². The monoisotopic (exact) mass is 611 g/mol. The van der Waals surface area contributed by atoms with Gasteiger partial charge in [0.2, 0.25) is 5.91 Å². The predicted molar refractivity (Wildman–Crippen MR) is 153 cm³/mol. The van der Waals surface area contributed by atoms with E-state index in [1.165, 1.54) is 43.6 Å². The second-order valence-electron chi connectivity index (χ2n) is 10.1. The van der Waals surface area contributed by atoms with Crippen LogP contribution in [0.3, 0.4) is 0 Å². The molecule has 0 saturated carbocycles. The van der Waals surface area contributed by atoms with Crippen LogP contribution in [-0.4, -0.2) is 81.9 Å². The minimum atomic E-state index is -4.26. The Balaban J connectivity index is 1.45. The lowest BCUT2D eigenvalue weighted by atomic mass is 10.1. The fraction of sp³-hybridized carbons (Fsp3) is 0.367. The third-order valence-corrected chi connectivity index (χ3v) is 9.29. The molecule has 0 unspecified atom stereocenters. The lowest BCUT2D eigenvalue weighted by Crippen LogP contribution is -2.49. The Labute approximate surface area is 249 Å². The molecule has 12 nitrogen and oxygen atoms in total. The molecule has 43 heavy (non-hydrogen) atoms. The third kappa shape index (κ3) is 6.22. The third-order valence-electron chi connectivity index (χ3n) is 7.50. The van der Waals surface area contributed by atoms with Crippen molar-refractivity contribution in [2.24, 2.45) is 0 Å². The molecule has 5 rings (SSSR count). The van der Waals surface area contributed by atoms with E-state index in [4.69, 9.17) is 18.6 Å². The van der Waals surface area contributed by atoms with Crippen molar-refractivity contribution in [2.45, 2.75) is 36.3 Å². The Morgan fingerprint density at radius 1 is 1.09 bits per heavy atom. The Hall–Kier alpha value is -4.36. The van der Waals surface area contributed by atoms with Gasteiger partial charge < -0.3 is 28.8 Å². The average Bonchev–Trinajstić information content (AvgIpc) is 3.78. The molecule has 1 N–H and O–H groups in total. The lowest BCUT2D eigenvalue weighted by Gasteiger charge is -2.31. The fourth-order valence-corrected chi connectivity index (χ4v) is 6.79. The van der Waals surface area contributed by atoms with Crippen LogP contribution in [0.15, 0.2) is 70.2 Å². The molecule has 0 spiro atoms. The Morgan fingerprint density at radius 3 is 2.56 bits per heavy atom. The van der Waals surface area contributed by atoms with Crippen LogP contribution < -0.4 is 14.8 Å². The van der Waals surface area contributed by atoms with E-state index in [9.17, 15) is 22.8 Å². The topological polar surface area (TPSA) is 145 Å². The Morgan fingerprint density at radius 2 is 1.88 bits per heavy atom. The van der Waals surface area contributed by atoms with Gasteiger partial charge in [0.05, 0.1) is 32.2 Å². The van der Waals surface area contributed by atoms with Crippen LogP contribution >= 0.6 is 0 Å². The maximum atomic E-state index is 14.0. The first-order chi connectivity index (χ1) is 20.7. The van der Waals surface area contributed by atoms with E-state index in [1.54, 1.807) is 36.4 Å². The van der Waals surface area contributed by atoms with E-state index in [0.717, 1.165) is 18.4 Å². The average molecular weight is 612 g/mol. The number of sulfonamides is 1. The van der Waals surface area contributed by atoms with Crippen molar-refractivity contribution in [2.75, 3.05) is 40.5 Å². The second kappa shape index (κ2) is 12.9. The zero-order valence-electron chi connectivity index (χ0n) is 23.9. The maximum Gasteiger partial charge on any atom is 0.269 e. The summed E-state index contributed by atoms with van der Waals surface area (Å²) in [4.78, 5) is 41.9. The van der Waals surface area contributed by atoms with E-state index in [1.807, 2.05) is 0 Å². The summed E-state index contributed by atoms with van der Waals surface area (Å²) in [7, 11) is -1.23. The number of furan rings is 1. The molecule has 3 heterocycles. The molecular weight excluding hydrogens is 578 g/mol. The number of ether oxygens (including phenoxy) is 3. The van der Waals surface area contributed by atoms with Gasteiger partial charge in [-0.3, -0.25) is 14.4 Å². The summed E-state index contributed by atoms with van der Waals surface area (Å²) in [5, 5.41) is 2.86. The van der Waals surface area contributed by atoms with Gasteiger partial charge in [0.15, 0.2) is 17.5 Å². The van der Waals surface area contributed by atoms with Gasteiger partial charge in [-0.1, -0.05) is 18.2 Å². The van der Waals surface area contributed by atoms with E-state index < -0.39 is 40.3 Å². The van der Waals surface area contributed by atoms with Crippen LogP contribution in [0.1, 0.15) is 40.6 Å². The molecule has 2 aliphatic rings. The number of methoxy groups -OCH3 is 2. The highest BCUT2D eigenvalue weighted by molar-refractivity contribution is 7.90. The number of hydrogen-bond donors (Lipinski definition) is 1. The van der Waals surface area contributed by atoms with Crippen molar-refractivity contribution >= 4 is 27.7 Å². The second-order valence-corrected chi connectivity index (χ2v) is 12.0. The van der Waals surface area contributed by atoms with Crippen LogP contribution in [0.25, 0.3) is 0 Å². The molecule has 2 aliphatic heterocycles. The maximum absolute atomic E-state index is 14.0. The van der Waals surface area contributed by atoms with Crippen molar-refractivity contribution in [1.29, 1.82) is 0 Å². The normalized spacial score (nSPS) is 17.8. The number of carbonyl (C=O) groups is 3. The van der Waals surface area contributed by atoms with Crippen molar-refractivity contribution < 1.29 is 41.4 Å². The largest absolute Gasteiger partial charge is 0.493 e. The predicted octanol–water partition coefficient (Wildman–Crippen LogP) is 2.55. The smallest absolute Gasteiger partial charge is 0.269 e. The molecule has 0 bridgehead atoms. The van der Waals surface area contributed by atoms with Gasteiger partial charge in [0.1, 0.15) is 17.2 Å². The fourth-order valence-electron chi connectivity index (χ4n) is 5.27. The van der Waals surface area contributed by atoms with E-state index in [2.05, 4.69) is 5.32 Å². The zero-order valence-corrected chi connectivity index (χ0v) is 24.7. The number of nitrogens with zero attached hydrogens (tertiary/aromatic N) is 2. The molecule has 1 fully saturated rings. The number of amides is 3. The minimum Gasteiger partial charge on any atom is -0.493 e. The van der Waals surface area contributed by atoms with Gasteiger partial charge in [-0.25, -0.2) is 12.7 Å². The molecule has 3 amide bonds. The Bertz CT molecular complexity index is 1580. The summed E-state index contributed by atoms with van der Waals surface area (Å²) < 4.78 is 49.0. The first-order valence-electron chi connectivity index (χ1n) is 13.8. The number of benzene rings is 2. The van der Waals surface area contributed by atoms with Crippen LogP contribution in [0.4, 0.5) is 0 Å². The quantitative estimate of drug-likeness (QED) is 0.327. The summed E-state index contributed by atoms with van der Waals surface area (Å²) >= 11 is 0. The van der Waals surface area contributed by atoms with Crippen molar-refractivity contribution in [3.05, 3.63) is 77.7 Å². The van der Waals surface area contributed by atoms with E-state index in [-0.39, 0.29) is 41.8 Å². The Kier molecular flexibility index (Phi) is 9.02. The molecular formula is C30H33N3O9S. The van der Waals surface area contributed by atoms with E-state index in [0.29, 0.717) is 22.4 Å². The summed E-state index contributed by atoms with van der Waals surface area (Å²) in [6.45, 7) is 0.0426. The van der Waals surface area contributed by atoms with Gasteiger partial charge in [-0.05, 0) is 61.2 Å². The molecule has 0 radical (unpaired) electrons. The molecule has 228 valence electrons. The van der Waals surface area contributed by atoms with Crippen LogP contribution in [0.2, 0.25) is 0 Å². The molecule has 3 aromatic rings. The van der Waals surface area contributed by atoms with Crippen molar-refractivity contribution in [1.82, 2.24) is 14.5 Å². The number of hydrogen-bond acceptors (Lipinski definition) is 9. The summed E-state index contributed by atoms with van der Waals surface area (Å²) in [5.41, 5.74) is 0.759. The highest BCUT2D eigenvalue weighted by atomic mass is 32.2. The molecule has 0 aliphatic carbocycles. The standard InChI is InChI=1S/C30H33N3O9S/c1-39-23-12-11-20(17-25(23)40-2)13-14-32(27(34)19-33-30(36)22-8-3-4-10-26(22)43(33,37)38)28(24-9-6-16-42-24)29(35)31-18-21-7-5-15-41-21/h3-4,6,8-12,16-17,21,28H,5,7,13-15,18-19H2,1-2H3,(H,31,35)/t21-,28+/m0/s1. The van der Waals surface area contributed by atoms with Crippen molar-refractivity contribution in [3.63, 3.8) is 0 Å². The van der Waals surface area contributed by atoms with Crippen LogP contribution in [0, 0.1) is 0 Å². The molecule has 2 aromatic carbocycles. The highest BCUT2D eigenvalue weighted by Crippen LogP contribution is 2.32. The number of carbonyl (C=O) groups excluding carboxylic acids is 3. The first kappa shape index (κ1) is 30.1. The first-order valence-corrected chi connectivity index (χ1v) is 15.3. The number of fused-ring (bicyclic) bond motifs is 1. The summed E-state index contributed by atoms with van der Waals surface area (Å²) in [5.74, 6) is -0.880.